The van der Waals surface area contributed by atoms with Crippen molar-refractivity contribution in [1.82, 2.24) is 9.21 Å². The summed E-state index contributed by atoms with van der Waals surface area (Å²) in [5.74, 6) is 0.613. The van der Waals surface area contributed by atoms with Gasteiger partial charge in [-0.2, -0.15) is 4.31 Å². The lowest BCUT2D eigenvalue weighted by Crippen LogP contribution is -2.49. The van der Waals surface area contributed by atoms with Crippen LogP contribution in [0.4, 0.5) is 5.69 Å². The Morgan fingerprint density at radius 2 is 1.67 bits per heavy atom. The summed E-state index contributed by atoms with van der Waals surface area (Å²) >= 11 is 0. The number of sulfonamides is 1. The number of rotatable bonds is 5. The Kier molecular flexibility index (Phi) is 5.24. The molecule has 0 aliphatic carbocycles. The minimum Gasteiger partial charge on any atom is -0.388 e. The van der Waals surface area contributed by atoms with E-state index in [1.165, 1.54) is 0 Å². The third-order valence-corrected chi connectivity index (χ3v) is 5.65. The predicted octanol–water partition coefficient (Wildman–Crippen LogP) is 1.69. The van der Waals surface area contributed by atoms with Crippen LogP contribution in [0.5, 0.6) is 0 Å². The number of hydrogen-bond donors (Lipinski definition) is 1. The molecule has 1 N–H and O–H groups in total. The predicted molar refractivity (Wildman–Crippen MR) is 86.0 cm³/mol. The molecule has 0 unspecified atom stereocenters. The quantitative estimate of drug-likeness (QED) is 0.899. The van der Waals surface area contributed by atoms with E-state index in [0.717, 1.165) is 25.3 Å². The zero-order valence-electron chi connectivity index (χ0n) is 13.0. The van der Waals surface area contributed by atoms with Gasteiger partial charge in [0.25, 0.3) is 0 Å². The largest absolute Gasteiger partial charge is 0.388 e. The van der Waals surface area contributed by atoms with Crippen molar-refractivity contribution in [3.8, 4) is 0 Å². The number of hydrogen-bond acceptors (Lipinski definition) is 4. The van der Waals surface area contributed by atoms with Gasteiger partial charge in [-0.15, -0.1) is 0 Å². The van der Waals surface area contributed by atoms with E-state index in [1.54, 1.807) is 28.6 Å². The Morgan fingerprint density at radius 3 is 2.14 bits per heavy atom. The summed E-state index contributed by atoms with van der Waals surface area (Å²) in [6.07, 6.45) is 0. The number of nitrogens with one attached hydrogen (secondary N) is 1. The maximum Gasteiger partial charge on any atom is 0.243 e. The average Bonchev–Trinajstić information content (AvgIpc) is 2.47. The van der Waals surface area contributed by atoms with Crippen LogP contribution >= 0.6 is 0 Å². The molecule has 1 aliphatic rings. The van der Waals surface area contributed by atoms with Crippen LogP contribution in [0.1, 0.15) is 13.8 Å². The zero-order chi connectivity index (χ0) is 15.5. The fraction of sp³-hybridized carbons (Fsp3) is 0.600. The summed E-state index contributed by atoms with van der Waals surface area (Å²) < 4.78 is 26.8. The molecule has 1 aromatic rings. The Labute approximate surface area is 128 Å². The molecule has 118 valence electrons. The van der Waals surface area contributed by atoms with Crippen LogP contribution in [0.25, 0.3) is 0 Å². The van der Waals surface area contributed by atoms with Gasteiger partial charge in [-0.05, 0) is 30.2 Å². The minimum atomic E-state index is -3.36. The Bertz CT molecular complexity index is 547. The van der Waals surface area contributed by atoms with Gasteiger partial charge in [0, 0.05) is 45.5 Å². The molecule has 1 fully saturated rings. The average molecular weight is 311 g/mol. The highest BCUT2D eigenvalue weighted by Crippen LogP contribution is 2.19. The third-order valence-electron chi connectivity index (χ3n) is 3.74. The first-order chi connectivity index (χ1) is 9.93. The molecule has 0 bridgehead atoms. The minimum absolute atomic E-state index is 0.374. The summed E-state index contributed by atoms with van der Waals surface area (Å²) in [6.45, 7) is 8.17. The summed E-state index contributed by atoms with van der Waals surface area (Å²) in [5.41, 5.74) is 0.913. The molecule has 0 atom stereocenters. The molecule has 0 radical (unpaired) electrons. The highest BCUT2D eigenvalue weighted by Gasteiger charge is 2.28. The van der Waals surface area contributed by atoms with E-state index < -0.39 is 10.0 Å². The lowest BCUT2D eigenvalue weighted by Gasteiger charge is -2.34. The maximum atomic E-state index is 12.6. The maximum absolute atomic E-state index is 12.6. The fourth-order valence-electron chi connectivity index (χ4n) is 2.61. The van der Waals surface area contributed by atoms with Crippen molar-refractivity contribution in [2.45, 2.75) is 18.7 Å². The van der Waals surface area contributed by atoms with Gasteiger partial charge in [-0.1, -0.05) is 13.8 Å². The molecule has 1 saturated heterocycles. The molecule has 1 heterocycles. The van der Waals surface area contributed by atoms with E-state index >= 15 is 0 Å². The van der Waals surface area contributed by atoms with Crippen molar-refractivity contribution in [2.75, 3.05) is 45.1 Å². The van der Waals surface area contributed by atoms with Crippen LogP contribution < -0.4 is 5.32 Å². The van der Waals surface area contributed by atoms with Crippen molar-refractivity contribution in [2.24, 2.45) is 5.92 Å². The van der Waals surface area contributed by atoms with Crippen molar-refractivity contribution >= 4 is 15.7 Å². The van der Waals surface area contributed by atoms with Crippen LogP contribution in [-0.4, -0.2) is 57.4 Å². The van der Waals surface area contributed by atoms with E-state index in [4.69, 9.17) is 0 Å². The number of benzene rings is 1. The van der Waals surface area contributed by atoms with Crippen LogP contribution in [0.2, 0.25) is 0 Å². The summed E-state index contributed by atoms with van der Waals surface area (Å²) in [5, 5.41) is 2.99. The third kappa shape index (κ3) is 3.96. The molecular formula is C15H25N3O2S. The molecule has 21 heavy (non-hydrogen) atoms. The first-order valence-electron chi connectivity index (χ1n) is 7.44. The second-order valence-electron chi connectivity index (χ2n) is 5.87. The van der Waals surface area contributed by atoms with Crippen molar-refractivity contribution < 1.29 is 8.42 Å². The molecular weight excluding hydrogens is 286 g/mol. The SMILES string of the molecule is CNc1ccc(S(=O)(=O)N2CCN(CC(C)C)CC2)cc1. The Balaban J connectivity index is 2.03. The Morgan fingerprint density at radius 1 is 1.10 bits per heavy atom. The van der Waals surface area contributed by atoms with E-state index in [2.05, 4.69) is 24.1 Å². The first kappa shape index (κ1) is 16.3. The highest BCUT2D eigenvalue weighted by atomic mass is 32.2. The summed E-state index contributed by atoms with van der Waals surface area (Å²) in [4.78, 5) is 2.71. The standard InChI is InChI=1S/C15H25N3O2S/c1-13(2)12-17-8-10-18(11-9-17)21(19,20)15-6-4-14(16-3)5-7-15/h4-7,13,16H,8-12H2,1-3H3. The normalized spacial score (nSPS) is 18.1. The highest BCUT2D eigenvalue weighted by molar-refractivity contribution is 7.89. The summed E-state index contributed by atoms with van der Waals surface area (Å²) in [6, 6.07) is 6.92. The first-order valence-corrected chi connectivity index (χ1v) is 8.88. The van der Waals surface area contributed by atoms with E-state index in [-0.39, 0.29) is 0 Å². The fourth-order valence-corrected chi connectivity index (χ4v) is 4.03. The van der Waals surface area contributed by atoms with E-state index in [0.29, 0.717) is 23.9 Å². The smallest absolute Gasteiger partial charge is 0.243 e. The van der Waals surface area contributed by atoms with Crippen LogP contribution in [0.15, 0.2) is 29.2 Å². The van der Waals surface area contributed by atoms with Crippen LogP contribution in [0.3, 0.4) is 0 Å². The van der Waals surface area contributed by atoms with Gasteiger partial charge in [0.15, 0.2) is 0 Å². The van der Waals surface area contributed by atoms with E-state index in [9.17, 15) is 8.42 Å². The lowest BCUT2D eigenvalue weighted by molar-refractivity contribution is 0.172. The van der Waals surface area contributed by atoms with Gasteiger partial charge in [0.2, 0.25) is 10.0 Å². The molecule has 1 aliphatic heterocycles. The topological polar surface area (TPSA) is 52.7 Å². The zero-order valence-corrected chi connectivity index (χ0v) is 13.9. The van der Waals surface area contributed by atoms with Gasteiger partial charge >= 0.3 is 0 Å². The van der Waals surface area contributed by atoms with Gasteiger partial charge in [0.1, 0.15) is 0 Å². The van der Waals surface area contributed by atoms with Gasteiger partial charge in [-0.25, -0.2) is 8.42 Å². The second kappa shape index (κ2) is 6.77. The molecule has 0 amide bonds. The van der Waals surface area contributed by atoms with Crippen LogP contribution in [0, 0.1) is 5.92 Å². The van der Waals surface area contributed by atoms with Gasteiger partial charge < -0.3 is 10.2 Å². The Hall–Kier alpha value is -1.11. The molecule has 0 aromatic heterocycles. The lowest BCUT2D eigenvalue weighted by atomic mass is 10.2. The second-order valence-corrected chi connectivity index (χ2v) is 7.81. The number of nitrogens with zero attached hydrogens (tertiary/aromatic N) is 2. The molecule has 6 heteroatoms. The molecule has 5 nitrogen and oxygen atoms in total. The van der Waals surface area contributed by atoms with Crippen LogP contribution in [-0.2, 0) is 10.0 Å². The monoisotopic (exact) mass is 311 g/mol. The van der Waals surface area contributed by atoms with Crippen molar-refractivity contribution in [3.05, 3.63) is 24.3 Å². The number of anilines is 1. The van der Waals surface area contributed by atoms with E-state index in [1.807, 2.05) is 7.05 Å². The van der Waals surface area contributed by atoms with Crippen molar-refractivity contribution in [1.29, 1.82) is 0 Å². The molecule has 0 saturated carbocycles. The summed E-state index contributed by atoms with van der Waals surface area (Å²) in [7, 11) is -1.54. The number of piperazine rings is 1. The molecule has 0 spiro atoms. The van der Waals surface area contributed by atoms with Gasteiger partial charge in [0.05, 0.1) is 4.90 Å². The van der Waals surface area contributed by atoms with Gasteiger partial charge in [-0.3, -0.25) is 0 Å². The molecule has 2 rings (SSSR count). The van der Waals surface area contributed by atoms with Crippen molar-refractivity contribution in [3.63, 3.8) is 0 Å². The molecule has 1 aromatic carbocycles.